The number of benzene rings is 1. The largest absolute Gasteiger partial charge is 0.507 e. The van der Waals surface area contributed by atoms with Crippen LogP contribution in [0.5, 0.6) is 11.5 Å². The number of aldehydes is 1. The van der Waals surface area contributed by atoms with Gasteiger partial charge in [0.05, 0.1) is 11.3 Å². The van der Waals surface area contributed by atoms with Crippen molar-refractivity contribution in [2.45, 2.75) is 52.5 Å². The van der Waals surface area contributed by atoms with Gasteiger partial charge in [-0.25, -0.2) is 0 Å². The molecule has 0 atom stereocenters. The lowest BCUT2D eigenvalue weighted by atomic mass is 9.90. The van der Waals surface area contributed by atoms with Gasteiger partial charge >= 0.3 is 0 Å². The molecule has 5 heteroatoms. The SMILES string of the molecule is Cc1ccc(OCC2=C(c3ccnn3C(C)C)CCCC2)c(C=O)c1O. The number of carbonyl (C=O) groups excluding carboxylic acids is 1. The van der Waals surface area contributed by atoms with Gasteiger partial charge < -0.3 is 9.84 Å². The number of allylic oxidation sites excluding steroid dienone is 1. The fraction of sp³-hybridized carbons (Fsp3) is 0.429. The van der Waals surface area contributed by atoms with E-state index in [0.717, 1.165) is 31.4 Å². The third-order valence-corrected chi connectivity index (χ3v) is 4.95. The van der Waals surface area contributed by atoms with Crippen molar-refractivity contribution in [2.75, 3.05) is 6.61 Å². The van der Waals surface area contributed by atoms with Gasteiger partial charge in [0.15, 0.2) is 6.29 Å². The first-order valence-electron chi connectivity index (χ1n) is 9.18. The molecule has 0 amide bonds. The lowest BCUT2D eigenvalue weighted by Crippen LogP contribution is -2.13. The van der Waals surface area contributed by atoms with Crippen molar-refractivity contribution in [1.29, 1.82) is 0 Å². The summed E-state index contributed by atoms with van der Waals surface area (Å²) >= 11 is 0. The van der Waals surface area contributed by atoms with E-state index in [0.29, 0.717) is 30.2 Å². The molecule has 1 heterocycles. The van der Waals surface area contributed by atoms with Gasteiger partial charge in [0.2, 0.25) is 0 Å². The van der Waals surface area contributed by atoms with E-state index in [1.807, 2.05) is 6.20 Å². The van der Waals surface area contributed by atoms with Crippen molar-refractivity contribution >= 4 is 11.9 Å². The minimum Gasteiger partial charge on any atom is -0.507 e. The molecule has 5 nitrogen and oxygen atoms in total. The summed E-state index contributed by atoms with van der Waals surface area (Å²) in [4.78, 5) is 11.4. The maximum absolute atomic E-state index is 11.4. The Kier molecular flexibility index (Phi) is 5.45. The maximum Gasteiger partial charge on any atom is 0.157 e. The Hall–Kier alpha value is -2.56. The number of aryl methyl sites for hydroxylation is 1. The van der Waals surface area contributed by atoms with E-state index in [1.165, 1.54) is 11.1 Å². The van der Waals surface area contributed by atoms with Gasteiger partial charge in [0.25, 0.3) is 0 Å². The Labute approximate surface area is 154 Å². The number of phenolic OH excluding ortho intramolecular Hbond substituents is 1. The van der Waals surface area contributed by atoms with Gasteiger partial charge in [-0.05, 0) is 75.3 Å². The van der Waals surface area contributed by atoms with Crippen LogP contribution in [0.2, 0.25) is 0 Å². The molecule has 138 valence electrons. The highest BCUT2D eigenvalue weighted by atomic mass is 16.5. The van der Waals surface area contributed by atoms with Crippen molar-refractivity contribution in [1.82, 2.24) is 9.78 Å². The highest BCUT2D eigenvalue weighted by Gasteiger charge is 2.20. The lowest BCUT2D eigenvalue weighted by Gasteiger charge is -2.23. The first-order valence-corrected chi connectivity index (χ1v) is 9.18. The van der Waals surface area contributed by atoms with Crippen LogP contribution in [-0.2, 0) is 0 Å². The second-order valence-corrected chi connectivity index (χ2v) is 7.09. The molecule has 0 spiro atoms. The highest BCUT2D eigenvalue weighted by Crippen LogP contribution is 2.35. The molecular formula is C21H26N2O3. The van der Waals surface area contributed by atoms with E-state index in [-0.39, 0.29) is 11.3 Å². The van der Waals surface area contributed by atoms with Crippen LogP contribution in [0.1, 0.15) is 67.2 Å². The quantitative estimate of drug-likeness (QED) is 0.764. The van der Waals surface area contributed by atoms with Crippen LogP contribution in [-0.4, -0.2) is 27.8 Å². The molecule has 0 fully saturated rings. The summed E-state index contributed by atoms with van der Waals surface area (Å²) in [6.45, 7) is 6.44. The molecule has 0 saturated heterocycles. The second kappa shape index (κ2) is 7.77. The van der Waals surface area contributed by atoms with Gasteiger partial charge in [-0.15, -0.1) is 0 Å². The predicted molar refractivity (Wildman–Crippen MR) is 102 cm³/mol. The molecule has 1 aromatic heterocycles. The normalized spacial score (nSPS) is 14.8. The van der Waals surface area contributed by atoms with Crippen molar-refractivity contribution in [3.63, 3.8) is 0 Å². The Balaban J connectivity index is 1.90. The van der Waals surface area contributed by atoms with Crippen LogP contribution in [0.4, 0.5) is 0 Å². The van der Waals surface area contributed by atoms with Crippen LogP contribution >= 0.6 is 0 Å². The topological polar surface area (TPSA) is 64.4 Å². The summed E-state index contributed by atoms with van der Waals surface area (Å²) < 4.78 is 8.00. The van der Waals surface area contributed by atoms with Gasteiger partial charge in [-0.2, -0.15) is 5.10 Å². The van der Waals surface area contributed by atoms with Gasteiger partial charge in [0, 0.05) is 12.2 Å². The minimum atomic E-state index is -0.00627. The van der Waals surface area contributed by atoms with Crippen LogP contribution in [0, 0.1) is 6.92 Å². The average Bonchev–Trinajstić information content (AvgIpc) is 3.13. The number of hydrogen-bond donors (Lipinski definition) is 1. The van der Waals surface area contributed by atoms with Crippen LogP contribution in [0.25, 0.3) is 5.57 Å². The van der Waals surface area contributed by atoms with Crippen LogP contribution in [0.3, 0.4) is 0 Å². The van der Waals surface area contributed by atoms with E-state index in [1.54, 1.807) is 19.1 Å². The van der Waals surface area contributed by atoms with Crippen molar-refractivity contribution < 1.29 is 14.6 Å². The molecule has 0 radical (unpaired) electrons. The number of phenols is 1. The minimum absolute atomic E-state index is 0.00627. The third kappa shape index (κ3) is 3.52. The van der Waals surface area contributed by atoms with Crippen LogP contribution in [0.15, 0.2) is 30.0 Å². The zero-order valence-corrected chi connectivity index (χ0v) is 15.7. The molecule has 2 aromatic rings. The summed E-state index contributed by atoms with van der Waals surface area (Å²) in [6.07, 6.45) is 6.79. The monoisotopic (exact) mass is 354 g/mol. The van der Waals surface area contributed by atoms with Gasteiger partial charge in [-0.1, -0.05) is 6.07 Å². The highest BCUT2D eigenvalue weighted by molar-refractivity contribution is 5.84. The summed E-state index contributed by atoms with van der Waals surface area (Å²) in [6, 6.07) is 5.88. The second-order valence-electron chi connectivity index (χ2n) is 7.09. The van der Waals surface area contributed by atoms with Crippen molar-refractivity contribution in [2.24, 2.45) is 0 Å². The predicted octanol–water partition coefficient (Wildman–Crippen LogP) is 4.70. The zero-order chi connectivity index (χ0) is 18.7. The molecule has 0 unspecified atom stereocenters. The molecule has 0 saturated carbocycles. The Morgan fingerprint density at radius 3 is 2.77 bits per heavy atom. The van der Waals surface area contributed by atoms with Crippen molar-refractivity contribution in [3.05, 3.63) is 46.8 Å². The summed E-state index contributed by atoms with van der Waals surface area (Å²) in [5.41, 5.74) is 4.58. The number of rotatable bonds is 6. The molecule has 1 aliphatic carbocycles. The molecule has 26 heavy (non-hydrogen) atoms. The summed E-state index contributed by atoms with van der Waals surface area (Å²) in [5.74, 6) is 0.422. The Morgan fingerprint density at radius 2 is 2.04 bits per heavy atom. The molecule has 0 bridgehead atoms. The molecule has 1 N–H and O–H groups in total. The lowest BCUT2D eigenvalue weighted by molar-refractivity contribution is 0.111. The average molecular weight is 354 g/mol. The van der Waals surface area contributed by atoms with E-state index in [2.05, 4.69) is 29.7 Å². The van der Waals surface area contributed by atoms with Gasteiger partial charge in [0.1, 0.15) is 18.1 Å². The third-order valence-electron chi connectivity index (χ3n) is 4.95. The number of aromatic hydroxyl groups is 1. The van der Waals surface area contributed by atoms with E-state index >= 15 is 0 Å². The fourth-order valence-electron chi connectivity index (χ4n) is 3.50. The standard InChI is InChI=1S/C21H26N2O3/c1-14(2)23-19(10-11-22-23)17-7-5-4-6-16(17)13-26-20-9-8-15(3)21(25)18(20)12-24/h8-12,14,25H,4-7,13H2,1-3H3. The van der Waals surface area contributed by atoms with E-state index < -0.39 is 0 Å². The number of aromatic nitrogens is 2. The number of nitrogens with zero attached hydrogens (tertiary/aromatic N) is 2. The number of ether oxygens (including phenoxy) is 1. The molecular weight excluding hydrogens is 328 g/mol. The molecule has 1 aliphatic rings. The first-order chi connectivity index (χ1) is 12.5. The molecule has 1 aromatic carbocycles. The molecule has 0 aliphatic heterocycles. The summed E-state index contributed by atoms with van der Waals surface area (Å²) in [7, 11) is 0. The van der Waals surface area contributed by atoms with E-state index in [9.17, 15) is 9.90 Å². The maximum atomic E-state index is 11.4. The number of carbonyl (C=O) groups is 1. The first kappa shape index (κ1) is 18.2. The summed E-state index contributed by atoms with van der Waals surface area (Å²) in [5, 5.41) is 14.5. The zero-order valence-electron chi connectivity index (χ0n) is 15.7. The number of hydrogen-bond acceptors (Lipinski definition) is 4. The Morgan fingerprint density at radius 1 is 1.27 bits per heavy atom. The fourth-order valence-corrected chi connectivity index (χ4v) is 3.50. The molecule has 3 rings (SSSR count). The van der Waals surface area contributed by atoms with Crippen LogP contribution < -0.4 is 4.74 Å². The Bertz CT molecular complexity index is 834. The van der Waals surface area contributed by atoms with Crippen molar-refractivity contribution in [3.8, 4) is 11.5 Å². The van der Waals surface area contributed by atoms with E-state index in [4.69, 9.17) is 4.74 Å². The smallest absolute Gasteiger partial charge is 0.157 e. The van der Waals surface area contributed by atoms with Gasteiger partial charge in [-0.3, -0.25) is 9.48 Å².